The average molecular weight is 506 g/mol. The van der Waals surface area contributed by atoms with Crippen LogP contribution in [0.3, 0.4) is 0 Å². The molecule has 0 aliphatic carbocycles. The second-order valence-electron chi connectivity index (χ2n) is 9.70. The molecule has 3 rings (SSSR count). The van der Waals surface area contributed by atoms with Crippen LogP contribution in [-0.2, 0) is 33.6 Å². The maximum Gasteiger partial charge on any atom is 0.302 e. The number of aromatic nitrogens is 1. The van der Waals surface area contributed by atoms with Crippen molar-refractivity contribution < 1.29 is 24.2 Å². The molecule has 0 amide bonds. The number of ketones is 1. The van der Waals surface area contributed by atoms with E-state index in [0.717, 1.165) is 31.2 Å². The van der Waals surface area contributed by atoms with Crippen LogP contribution in [0, 0.1) is 5.92 Å². The molecular formula is C31H39NO5. The summed E-state index contributed by atoms with van der Waals surface area (Å²) in [6.07, 6.45) is 9.26. The predicted molar refractivity (Wildman–Crippen MR) is 145 cm³/mol. The fraction of sp³-hybridized carbons (Fsp3) is 0.419. The first-order valence-electron chi connectivity index (χ1n) is 13.1. The SMILES string of the molecule is CC[C@H](CC[C@H](CC(=O)CCc1ccc(O)c(OC)c1)OC(C)=O)Cc1c[nH]cc1Cc1ccccc1. The Balaban J connectivity index is 1.53. The number of carbonyl (C=O) groups excluding carboxylic acids is 2. The Labute approximate surface area is 220 Å². The molecule has 0 radical (unpaired) electrons. The van der Waals surface area contributed by atoms with Gasteiger partial charge in [0.15, 0.2) is 11.5 Å². The van der Waals surface area contributed by atoms with Gasteiger partial charge in [-0.25, -0.2) is 0 Å². The lowest BCUT2D eigenvalue weighted by molar-refractivity contribution is -0.148. The van der Waals surface area contributed by atoms with Crippen LogP contribution in [0.5, 0.6) is 11.5 Å². The molecule has 6 heteroatoms. The highest BCUT2D eigenvalue weighted by molar-refractivity contribution is 5.79. The van der Waals surface area contributed by atoms with Crippen LogP contribution in [0.25, 0.3) is 0 Å². The van der Waals surface area contributed by atoms with E-state index in [9.17, 15) is 14.7 Å². The van der Waals surface area contributed by atoms with E-state index in [-0.39, 0.29) is 23.9 Å². The van der Waals surface area contributed by atoms with E-state index < -0.39 is 6.10 Å². The number of nitrogens with one attached hydrogen (secondary N) is 1. The number of esters is 1. The molecule has 37 heavy (non-hydrogen) atoms. The van der Waals surface area contributed by atoms with Crippen LogP contribution in [-0.4, -0.2) is 35.1 Å². The third kappa shape index (κ3) is 9.12. The van der Waals surface area contributed by atoms with Crippen LogP contribution in [0.15, 0.2) is 60.9 Å². The number of phenolic OH excluding ortho intramolecular Hbond substituents is 1. The second-order valence-corrected chi connectivity index (χ2v) is 9.70. The molecule has 0 aliphatic rings. The van der Waals surface area contributed by atoms with Gasteiger partial charge in [0.05, 0.1) is 7.11 Å². The Bertz CT molecular complexity index is 1140. The second kappa shape index (κ2) is 14.3. The minimum atomic E-state index is -0.414. The number of aromatic hydroxyl groups is 1. The van der Waals surface area contributed by atoms with Gasteiger partial charge in [0.2, 0.25) is 0 Å². The normalized spacial score (nSPS) is 12.6. The third-order valence-electron chi connectivity index (χ3n) is 6.87. The van der Waals surface area contributed by atoms with E-state index >= 15 is 0 Å². The van der Waals surface area contributed by atoms with Crippen molar-refractivity contribution in [3.63, 3.8) is 0 Å². The van der Waals surface area contributed by atoms with E-state index in [4.69, 9.17) is 9.47 Å². The summed E-state index contributed by atoms with van der Waals surface area (Å²) in [5.41, 5.74) is 4.83. The molecule has 0 bridgehead atoms. The minimum absolute atomic E-state index is 0.0575. The number of hydrogen-bond donors (Lipinski definition) is 2. The summed E-state index contributed by atoms with van der Waals surface area (Å²) in [5, 5.41) is 9.76. The third-order valence-corrected chi connectivity index (χ3v) is 6.87. The molecule has 198 valence electrons. The monoisotopic (exact) mass is 505 g/mol. The van der Waals surface area contributed by atoms with Crippen LogP contribution < -0.4 is 4.74 Å². The smallest absolute Gasteiger partial charge is 0.302 e. The Morgan fingerprint density at radius 2 is 1.76 bits per heavy atom. The zero-order valence-corrected chi connectivity index (χ0v) is 22.2. The Morgan fingerprint density at radius 3 is 2.46 bits per heavy atom. The molecule has 6 nitrogen and oxygen atoms in total. The zero-order valence-electron chi connectivity index (χ0n) is 22.2. The van der Waals surface area contributed by atoms with Gasteiger partial charge in [0, 0.05) is 32.2 Å². The van der Waals surface area contributed by atoms with Crippen molar-refractivity contribution in [3.8, 4) is 11.5 Å². The summed E-state index contributed by atoms with van der Waals surface area (Å²) in [4.78, 5) is 27.7. The van der Waals surface area contributed by atoms with E-state index in [2.05, 4.69) is 48.6 Å². The summed E-state index contributed by atoms with van der Waals surface area (Å²) in [7, 11) is 1.50. The first kappa shape index (κ1) is 28.0. The Hall–Kier alpha value is -3.54. The number of benzene rings is 2. The highest BCUT2D eigenvalue weighted by atomic mass is 16.5. The molecule has 0 fully saturated rings. The quantitative estimate of drug-likeness (QED) is 0.240. The molecule has 0 aliphatic heterocycles. The maximum atomic E-state index is 12.7. The van der Waals surface area contributed by atoms with Crippen molar-refractivity contribution in [1.29, 1.82) is 0 Å². The largest absolute Gasteiger partial charge is 0.504 e. The first-order valence-corrected chi connectivity index (χ1v) is 13.1. The highest BCUT2D eigenvalue weighted by Gasteiger charge is 2.20. The molecule has 0 spiro atoms. The molecule has 2 aromatic carbocycles. The van der Waals surface area contributed by atoms with Gasteiger partial charge in [0.25, 0.3) is 0 Å². The number of carbonyl (C=O) groups is 2. The lowest BCUT2D eigenvalue weighted by Gasteiger charge is -2.21. The van der Waals surface area contributed by atoms with Crippen LogP contribution in [0.4, 0.5) is 0 Å². The van der Waals surface area contributed by atoms with Crippen LogP contribution in [0.2, 0.25) is 0 Å². The molecule has 3 aromatic rings. The molecule has 1 aromatic heterocycles. The van der Waals surface area contributed by atoms with Crippen molar-refractivity contribution in [2.75, 3.05) is 7.11 Å². The molecule has 1 heterocycles. The summed E-state index contributed by atoms with van der Waals surface area (Å²) in [5.74, 6) is 0.600. The van der Waals surface area contributed by atoms with Crippen molar-refractivity contribution in [2.24, 2.45) is 5.92 Å². The van der Waals surface area contributed by atoms with E-state index in [1.807, 2.05) is 6.07 Å². The van der Waals surface area contributed by atoms with Gasteiger partial charge in [-0.1, -0.05) is 49.7 Å². The lowest BCUT2D eigenvalue weighted by Crippen LogP contribution is -2.22. The number of hydrogen-bond acceptors (Lipinski definition) is 5. The van der Waals surface area contributed by atoms with E-state index in [0.29, 0.717) is 30.9 Å². The number of methoxy groups -OCH3 is 1. The summed E-state index contributed by atoms with van der Waals surface area (Å²) in [6, 6.07) is 15.5. The van der Waals surface area contributed by atoms with Gasteiger partial charge in [-0.15, -0.1) is 0 Å². The van der Waals surface area contributed by atoms with Crippen LogP contribution in [0.1, 0.15) is 68.2 Å². The number of Topliss-reactive ketones (excluding diaryl/α,β-unsaturated/α-hetero) is 1. The maximum absolute atomic E-state index is 12.7. The van der Waals surface area contributed by atoms with Crippen molar-refractivity contribution >= 4 is 11.8 Å². The Morgan fingerprint density at radius 1 is 1.00 bits per heavy atom. The number of phenols is 1. The molecule has 0 saturated heterocycles. The lowest BCUT2D eigenvalue weighted by atomic mass is 9.89. The van der Waals surface area contributed by atoms with Gasteiger partial charge in [-0.3, -0.25) is 9.59 Å². The predicted octanol–water partition coefficient (Wildman–Crippen LogP) is 6.19. The molecule has 2 atom stereocenters. The van der Waals surface area contributed by atoms with Gasteiger partial charge in [-0.05, 0) is 72.4 Å². The summed E-state index contributed by atoms with van der Waals surface area (Å²) < 4.78 is 10.7. The summed E-state index contributed by atoms with van der Waals surface area (Å²) in [6.45, 7) is 3.58. The standard InChI is InChI=1S/C31H39NO5/c1-4-23(16-26-20-32-21-27(26)17-24-8-6-5-7-9-24)11-14-29(37-22(2)33)19-28(34)13-10-25-12-15-30(35)31(18-25)36-3/h5-9,12,15,18,20-21,23,29,32,35H,4,10-11,13-14,16-17,19H2,1-3H3/t23-,29-/m1/s1. The fourth-order valence-electron chi connectivity index (χ4n) is 4.74. The zero-order chi connectivity index (χ0) is 26.6. The van der Waals surface area contributed by atoms with Gasteiger partial charge >= 0.3 is 5.97 Å². The number of H-pyrrole nitrogens is 1. The molecular weight excluding hydrogens is 466 g/mol. The molecule has 0 unspecified atom stereocenters. The van der Waals surface area contributed by atoms with Gasteiger partial charge in [-0.2, -0.15) is 0 Å². The van der Waals surface area contributed by atoms with E-state index in [1.54, 1.807) is 18.2 Å². The number of rotatable bonds is 15. The Kier molecular flexibility index (Phi) is 10.8. The minimum Gasteiger partial charge on any atom is -0.504 e. The van der Waals surface area contributed by atoms with E-state index in [1.165, 1.54) is 30.7 Å². The van der Waals surface area contributed by atoms with Crippen molar-refractivity contribution in [3.05, 3.63) is 83.2 Å². The average Bonchev–Trinajstić information content (AvgIpc) is 3.32. The van der Waals surface area contributed by atoms with Gasteiger partial charge in [0.1, 0.15) is 11.9 Å². The number of ether oxygens (including phenoxy) is 2. The van der Waals surface area contributed by atoms with Gasteiger partial charge < -0.3 is 19.6 Å². The molecule has 2 N–H and O–H groups in total. The van der Waals surface area contributed by atoms with Crippen molar-refractivity contribution in [2.45, 2.75) is 71.3 Å². The first-order chi connectivity index (χ1) is 17.9. The number of aryl methyl sites for hydroxylation is 1. The topological polar surface area (TPSA) is 88.6 Å². The fourth-order valence-corrected chi connectivity index (χ4v) is 4.74. The number of aromatic amines is 1. The summed E-state index contributed by atoms with van der Waals surface area (Å²) >= 11 is 0. The van der Waals surface area contributed by atoms with Crippen LogP contribution >= 0.6 is 0 Å². The highest BCUT2D eigenvalue weighted by Crippen LogP contribution is 2.27. The van der Waals surface area contributed by atoms with Crippen molar-refractivity contribution in [1.82, 2.24) is 4.98 Å². The molecule has 0 saturated carbocycles.